The van der Waals surface area contributed by atoms with Crippen molar-refractivity contribution in [1.29, 1.82) is 0 Å². The van der Waals surface area contributed by atoms with Crippen LogP contribution in [-0.4, -0.2) is 25.9 Å². The number of hydrogen-bond acceptors (Lipinski definition) is 3. The van der Waals surface area contributed by atoms with Gasteiger partial charge in [-0.2, -0.15) is 0 Å². The van der Waals surface area contributed by atoms with Gasteiger partial charge in [-0.25, -0.2) is 4.79 Å². The molecule has 0 bridgehead atoms. The predicted molar refractivity (Wildman–Crippen MR) is 92.5 cm³/mol. The van der Waals surface area contributed by atoms with Crippen LogP contribution in [0.4, 0.5) is 16.2 Å². The van der Waals surface area contributed by atoms with E-state index in [9.17, 15) is 4.79 Å². The molecule has 0 fully saturated rings. The van der Waals surface area contributed by atoms with Crippen LogP contribution in [-0.2, 0) is 4.74 Å². The highest BCUT2D eigenvalue weighted by Crippen LogP contribution is 2.17. The Labute approximate surface area is 140 Å². The third kappa shape index (κ3) is 6.18. The van der Waals surface area contributed by atoms with Crippen LogP contribution in [0.15, 0.2) is 48.5 Å². The lowest BCUT2D eigenvalue weighted by molar-refractivity contribution is 0.110. The summed E-state index contributed by atoms with van der Waals surface area (Å²) in [6.07, 6.45) is 0. The summed E-state index contributed by atoms with van der Waals surface area (Å²) in [6, 6.07) is 13.7. The van der Waals surface area contributed by atoms with Crippen molar-refractivity contribution in [2.24, 2.45) is 0 Å². The fraction of sp³-hybridized carbons (Fsp3) is 0.235. The minimum atomic E-state index is -0.336. The van der Waals surface area contributed by atoms with Gasteiger partial charge in [-0.15, -0.1) is 0 Å². The number of halogens is 1. The van der Waals surface area contributed by atoms with Crippen molar-refractivity contribution >= 4 is 29.0 Å². The van der Waals surface area contributed by atoms with E-state index in [0.717, 1.165) is 5.75 Å². The van der Waals surface area contributed by atoms with Gasteiger partial charge >= 0.3 is 6.03 Å². The van der Waals surface area contributed by atoms with Gasteiger partial charge in [0.2, 0.25) is 0 Å². The van der Waals surface area contributed by atoms with Crippen LogP contribution in [0.3, 0.4) is 0 Å². The summed E-state index contributed by atoms with van der Waals surface area (Å²) in [7, 11) is 0. The van der Waals surface area contributed by atoms with Gasteiger partial charge in [-0.3, -0.25) is 0 Å². The molecule has 23 heavy (non-hydrogen) atoms. The molecular formula is C17H19ClN2O3. The van der Waals surface area contributed by atoms with E-state index in [1.54, 1.807) is 48.5 Å². The molecule has 2 rings (SSSR count). The molecule has 0 radical (unpaired) electrons. The maximum Gasteiger partial charge on any atom is 0.323 e. The van der Waals surface area contributed by atoms with Crippen molar-refractivity contribution in [2.45, 2.75) is 6.92 Å². The molecule has 0 saturated heterocycles. The Morgan fingerprint density at radius 3 is 2.48 bits per heavy atom. The molecule has 0 aromatic heterocycles. The van der Waals surface area contributed by atoms with Gasteiger partial charge in [-0.1, -0.05) is 17.7 Å². The van der Waals surface area contributed by atoms with Gasteiger partial charge in [0.15, 0.2) is 0 Å². The van der Waals surface area contributed by atoms with Gasteiger partial charge in [0, 0.05) is 23.0 Å². The van der Waals surface area contributed by atoms with Crippen molar-refractivity contribution in [2.75, 3.05) is 30.5 Å². The van der Waals surface area contributed by atoms with E-state index in [2.05, 4.69) is 10.6 Å². The number of nitrogens with one attached hydrogen (secondary N) is 2. The molecule has 5 nitrogen and oxygen atoms in total. The number of ether oxygens (including phenoxy) is 2. The standard InChI is InChI=1S/C17H19ClN2O3/c1-2-22-10-11-23-16-8-6-14(7-9-16)19-17(21)20-15-5-3-4-13(18)12-15/h3-9,12H,2,10-11H2,1H3,(H2,19,20,21). The lowest BCUT2D eigenvalue weighted by Crippen LogP contribution is -2.19. The summed E-state index contributed by atoms with van der Waals surface area (Å²) >= 11 is 5.87. The van der Waals surface area contributed by atoms with Crippen molar-refractivity contribution in [3.8, 4) is 5.75 Å². The number of amides is 2. The van der Waals surface area contributed by atoms with Crippen LogP contribution < -0.4 is 15.4 Å². The summed E-state index contributed by atoms with van der Waals surface area (Å²) in [4.78, 5) is 11.9. The lowest BCUT2D eigenvalue weighted by Gasteiger charge is -2.09. The normalized spacial score (nSPS) is 10.2. The largest absolute Gasteiger partial charge is 0.491 e. The number of anilines is 2. The molecule has 0 heterocycles. The summed E-state index contributed by atoms with van der Waals surface area (Å²) in [5.74, 6) is 0.727. The molecule has 0 atom stereocenters. The second kappa shape index (κ2) is 9.02. The monoisotopic (exact) mass is 334 g/mol. The predicted octanol–water partition coefficient (Wildman–Crippen LogP) is 4.40. The molecule has 2 aromatic carbocycles. The van der Waals surface area contributed by atoms with E-state index < -0.39 is 0 Å². The third-order valence-electron chi connectivity index (χ3n) is 2.90. The zero-order valence-electron chi connectivity index (χ0n) is 12.8. The first-order valence-electron chi connectivity index (χ1n) is 7.31. The first-order valence-corrected chi connectivity index (χ1v) is 7.69. The smallest absolute Gasteiger partial charge is 0.323 e. The van der Waals surface area contributed by atoms with E-state index in [1.807, 2.05) is 6.92 Å². The summed E-state index contributed by atoms with van der Waals surface area (Å²) in [6.45, 7) is 3.66. The number of benzene rings is 2. The second-order valence-electron chi connectivity index (χ2n) is 4.66. The molecule has 2 aromatic rings. The van der Waals surface area contributed by atoms with Gasteiger partial charge in [0.25, 0.3) is 0 Å². The van der Waals surface area contributed by atoms with Crippen LogP contribution >= 0.6 is 11.6 Å². The highest BCUT2D eigenvalue weighted by Gasteiger charge is 2.03. The molecule has 2 N–H and O–H groups in total. The first-order chi connectivity index (χ1) is 11.2. The van der Waals surface area contributed by atoms with E-state index >= 15 is 0 Å². The number of carbonyl (C=O) groups excluding carboxylic acids is 1. The van der Waals surface area contributed by atoms with Crippen LogP contribution in [0.2, 0.25) is 5.02 Å². The zero-order valence-corrected chi connectivity index (χ0v) is 13.6. The SMILES string of the molecule is CCOCCOc1ccc(NC(=O)Nc2cccc(Cl)c2)cc1. The summed E-state index contributed by atoms with van der Waals surface area (Å²) in [5, 5.41) is 6.02. The Morgan fingerprint density at radius 1 is 1.04 bits per heavy atom. The Balaban J connectivity index is 1.81. The summed E-state index contributed by atoms with van der Waals surface area (Å²) < 4.78 is 10.7. The maximum absolute atomic E-state index is 11.9. The summed E-state index contributed by atoms with van der Waals surface area (Å²) in [5.41, 5.74) is 1.30. The van der Waals surface area contributed by atoms with Crippen LogP contribution in [0.5, 0.6) is 5.75 Å². The van der Waals surface area contributed by atoms with Crippen LogP contribution in [0.1, 0.15) is 6.92 Å². The average molecular weight is 335 g/mol. The Morgan fingerprint density at radius 2 is 1.78 bits per heavy atom. The van der Waals surface area contributed by atoms with E-state index in [1.165, 1.54) is 0 Å². The molecule has 0 unspecified atom stereocenters. The van der Waals surface area contributed by atoms with Gasteiger partial charge in [-0.05, 0) is 49.4 Å². The van der Waals surface area contributed by atoms with E-state index in [0.29, 0.717) is 36.2 Å². The zero-order chi connectivity index (χ0) is 16.5. The highest BCUT2D eigenvalue weighted by atomic mass is 35.5. The molecule has 0 aliphatic carbocycles. The van der Waals surface area contributed by atoms with E-state index in [4.69, 9.17) is 21.1 Å². The Hall–Kier alpha value is -2.24. The number of carbonyl (C=O) groups is 1. The number of rotatable bonds is 7. The molecule has 0 spiro atoms. The highest BCUT2D eigenvalue weighted by molar-refractivity contribution is 6.30. The first kappa shape index (κ1) is 17.1. The Bertz CT molecular complexity index is 632. The van der Waals surface area contributed by atoms with Gasteiger partial charge in [0.05, 0.1) is 6.61 Å². The topological polar surface area (TPSA) is 59.6 Å². The van der Waals surface area contributed by atoms with Crippen molar-refractivity contribution < 1.29 is 14.3 Å². The van der Waals surface area contributed by atoms with E-state index in [-0.39, 0.29) is 6.03 Å². The average Bonchev–Trinajstić information content (AvgIpc) is 2.53. The van der Waals surface area contributed by atoms with Crippen LogP contribution in [0, 0.1) is 0 Å². The quantitative estimate of drug-likeness (QED) is 0.738. The molecule has 0 aliphatic rings. The second-order valence-corrected chi connectivity index (χ2v) is 5.10. The number of urea groups is 1. The minimum Gasteiger partial charge on any atom is -0.491 e. The van der Waals surface area contributed by atoms with Crippen molar-refractivity contribution in [1.82, 2.24) is 0 Å². The molecule has 6 heteroatoms. The molecule has 0 aliphatic heterocycles. The van der Waals surface area contributed by atoms with Crippen molar-refractivity contribution in [3.63, 3.8) is 0 Å². The van der Waals surface area contributed by atoms with Crippen molar-refractivity contribution in [3.05, 3.63) is 53.6 Å². The molecule has 2 amide bonds. The molecule has 122 valence electrons. The minimum absolute atomic E-state index is 0.336. The lowest BCUT2D eigenvalue weighted by atomic mass is 10.3. The Kier molecular flexibility index (Phi) is 6.72. The molecule has 0 saturated carbocycles. The van der Waals surface area contributed by atoms with Gasteiger partial charge < -0.3 is 20.1 Å². The van der Waals surface area contributed by atoms with Gasteiger partial charge in [0.1, 0.15) is 12.4 Å². The fourth-order valence-electron chi connectivity index (χ4n) is 1.86. The third-order valence-corrected chi connectivity index (χ3v) is 3.13. The fourth-order valence-corrected chi connectivity index (χ4v) is 2.05. The molecular weight excluding hydrogens is 316 g/mol. The number of hydrogen-bond donors (Lipinski definition) is 2. The maximum atomic E-state index is 11.9. The van der Waals surface area contributed by atoms with Crippen LogP contribution in [0.25, 0.3) is 0 Å².